The number of hydrogen-bond acceptors (Lipinski definition) is 7. The number of ketones is 2. The van der Waals surface area contributed by atoms with Crippen molar-refractivity contribution in [1.82, 2.24) is 15.2 Å². The lowest BCUT2D eigenvalue weighted by molar-refractivity contribution is 0.101. The van der Waals surface area contributed by atoms with Gasteiger partial charge in [0.15, 0.2) is 23.1 Å². The first-order valence-electron chi connectivity index (χ1n) is 7.21. The van der Waals surface area contributed by atoms with Crippen LogP contribution in [0.15, 0.2) is 53.6 Å². The topological polar surface area (TPSA) is 118 Å². The number of carbonyl (C=O) groups excluding carboxylic acids is 2. The van der Waals surface area contributed by atoms with E-state index in [9.17, 15) is 14.7 Å². The molecule has 0 unspecified atom stereocenters. The smallest absolute Gasteiger partial charge is 0.215 e. The van der Waals surface area contributed by atoms with Crippen LogP contribution in [-0.4, -0.2) is 31.9 Å². The highest BCUT2D eigenvalue weighted by atomic mass is 16.5. The zero-order valence-corrected chi connectivity index (χ0v) is 13.1. The Balaban J connectivity index is 1.79. The van der Waals surface area contributed by atoms with Crippen LogP contribution >= 0.6 is 0 Å². The Kier molecular flexibility index (Phi) is 4.42. The third kappa shape index (κ3) is 3.63. The van der Waals surface area contributed by atoms with Crippen molar-refractivity contribution in [1.29, 1.82) is 0 Å². The summed E-state index contributed by atoms with van der Waals surface area (Å²) in [6, 6.07) is 6.46. The Morgan fingerprint density at radius 2 is 2.00 bits per heavy atom. The molecule has 0 saturated heterocycles. The van der Waals surface area contributed by atoms with Crippen LogP contribution in [0.1, 0.15) is 33.5 Å². The highest BCUT2D eigenvalue weighted by Crippen LogP contribution is 2.27. The Morgan fingerprint density at radius 3 is 2.64 bits per heavy atom. The number of aliphatic hydroxyl groups excluding tert-OH is 1. The number of carbonyl (C=O) groups is 2. The van der Waals surface area contributed by atoms with Crippen LogP contribution in [0.2, 0.25) is 0 Å². The summed E-state index contributed by atoms with van der Waals surface area (Å²) in [5.41, 5.74) is 0.674. The van der Waals surface area contributed by atoms with Gasteiger partial charge in [0.25, 0.3) is 0 Å². The summed E-state index contributed by atoms with van der Waals surface area (Å²) in [5.74, 6) is -0.365. The van der Waals surface area contributed by atoms with Gasteiger partial charge < -0.3 is 14.3 Å². The number of benzene rings is 1. The molecule has 2 N–H and O–H groups in total. The fraction of sp³-hybridized carbons (Fsp3) is 0.0588. The molecule has 0 fully saturated rings. The highest BCUT2D eigenvalue weighted by Gasteiger charge is 2.16. The number of aliphatic hydroxyl groups is 1. The number of furan rings is 1. The SMILES string of the molecule is CC(=O)c1ccc(Oc2cocc2C(=O)C=C(O)c2nc[nH]n2)cc1. The maximum atomic E-state index is 12.3. The molecule has 0 aliphatic carbocycles. The number of ether oxygens (including phenoxy) is 1. The second-order valence-corrected chi connectivity index (χ2v) is 5.05. The summed E-state index contributed by atoms with van der Waals surface area (Å²) >= 11 is 0. The second-order valence-electron chi connectivity index (χ2n) is 5.05. The Hall–Kier alpha value is -3.68. The second kappa shape index (κ2) is 6.83. The van der Waals surface area contributed by atoms with Crippen LogP contribution in [0, 0.1) is 0 Å². The van der Waals surface area contributed by atoms with Crippen molar-refractivity contribution >= 4 is 17.3 Å². The molecule has 8 heteroatoms. The minimum atomic E-state index is -0.536. The maximum absolute atomic E-state index is 12.3. The quantitative estimate of drug-likeness (QED) is 0.402. The molecule has 3 aromatic rings. The molecule has 0 saturated carbocycles. The van der Waals surface area contributed by atoms with Crippen molar-refractivity contribution in [3.63, 3.8) is 0 Å². The monoisotopic (exact) mass is 339 g/mol. The molecule has 3 rings (SSSR count). The number of nitrogens with zero attached hydrogens (tertiary/aromatic N) is 2. The van der Waals surface area contributed by atoms with Crippen LogP contribution in [0.3, 0.4) is 0 Å². The average molecular weight is 339 g/mol. The number of hydrogen-bond donors (Lipinski definition) is 2. The van der Waals surface area contributed by atoms with E-state index in [0.717, 1.165) is 6.08 Å². The first-order chi connectivity index (χ1) is 12.0. The van der Waals surface area contributed by atoms with E-state index in [-0.39, 0.29) is 28.7 Å². The van der Waals surface area contributed by atoms with Crippen LogP contribution in [0.25, 0.3) is 5.76 Å². The van der Waals surface area contributed by atoms with E-state index in [1.54, 1.807) is 24.3 Å². The van der Waals surface area contributed by atoms with Gasteiger partial charge in [0.05, 0.1) is 0 Å². The summed E-state index contributed by atoms with van der Waals surface area (Å²) in [5, 5.41) is 15.9. The summed E-state index contributed by atoms with van der Waals surface area (Å²) in [6.45, 7) is 1.47. The number of aromatic amines is 1. The van der Waals surface area contributed by atoms with E-state index >= 15 is 0 Å². The van der Waals surface area contributed by atoms with Crippen molar-refractivity contribution in [3.8, 4) is 11.5 Å². The van der Waals surface area contributed by atoms with Crippen LogP contribution in [0.4, 0.5) is 0 Å². The lowest BCUT2D eigenvalue weighted by Gasteiger charge is -2.05. The molecule has 1 aromatic carbocycles. The molecule has 0 bridgehead atoms. The summed E-state index contributed by atoms with van der Waals surface area (Å²) < 4.78 is 10.6. The molecule has 0 spiro atoms. The third-order valence-electron chi connectivity index (χ3n) is 3.29. The standard InChI is InChI=1S/C17H13N3O5/c1-10(21)11-2-4-12(5-3-11)25-16-8-24-7-13(16)14(22)6-15(23)17-18-9-19-20-17/h2-9,23H,1H3,(H,18,19,20). The van der Waals surface area contributed by atoms with Gasteiger partial charge in [-0.3, -0.25) is 14.7 Å². The van der Waals surface area contributed by atoms with Gasteiger partial charge in [-0.05, 0) is 31.2 Å². The van der Waals surface area contributed by atoms with Gasteiger partial charge in [-0.2, -0.15) is 5.10 Å². The fourth-order valence-corrected chi connectivity index (χ4v) is 2.03. The minimum absolute atomic E-state index is 0.000801. The first kappa shape index (κ1) is 16.2. The zero-order chi connectivity index (χ0) is 17.8. The highest BCUT2D eigenvalue weighted by molar-refractivity contribution is 6.09. The van der Waals surface area contributed by atoms with Gasteiger partial charge in [0.1, 0.15) is 30.2 Å². The van der Waals surface area contributed by atoms with Gasteiger partial charge in [-0.15, -0.1) is 0 Å². The molecule has 0 amide bonds. The van der Waals surface area contributed by atoms with E-state index in [2.05, 4.69) is 15.2 Å². The van der Waals surface area contributed by atoms with Gasteiger partial charge in [0, 0.05) is 11.6 Å². The fourth-order valence-electron chi connectivity index (χ4n) is 2.03. The van der Waals surface area contributed by atoms with E-state index in [1.807, 2.05) is 0 Å². The molecule has 126 valence electrons. The van der Waals surface area contributed by atoms with Gasteiger partial charge in [-0.25, -0.2) is 4.98 Å². The summed E-state index contributed by atoms with van der Waals surface area (Å²) in [7, 11) is 0. The van der Waals surface area contributed by atoms with E-state index in [4.69, 9.17) is 9.15 Å². The lowest BCUT2D eigenvalue weighted by Crippen LogP contribution is -1.98. The number of rotatable bonds is 6. The number of allylic oxidation sites excluding steroid dienone is 1. The Morgan fingerprint density at radius 1 is 1.24 bits per heavy atom. The van der Waals surface area contributed by atoms with Crippen LogP contribution in [0.5, 0.6) is 11.5 Å². The molecule has 25 heavy (non-hydrogen) atoms. The van der Waals surface area contributed by atoms with E-state index in [1.165, 1.54) is 25.8 Å². The lowest BCUT2D eigenvalue weighted by atomic mass is 10.1. The molecule has 0 aliphatic heterocycles. The predicted molar refractivity (Wildman–Crippen MR) is 86.5 cm³/mol. The largest absolute Gasteiger partial charge is 0.504 e. The number of H-pyrrole nitrogens is 1. The molecule has 8 nitrogen and oxygen atoms in total. The predicted octanol–water partition coefficient (Wildman–Crippen LogP) is 3.17. The summed E-state index contributed by atoms with van der Waals surface area (Å²) in [6.07, 6.45) is 4.73. The molecule has 0 atom stereocenters. The van der Waals surface area contributed by atoms with E-state index < -0.39 is 5.78 Å². The molecular weight excluding hydrogens is 326 g/mol. The third-order valence-corrected chi connectivity index (χ3v) is 3.29. The van der Waals surface area contributed by atoms with Crippen molar-refractivity contribution < 1.29 is 23.8 Å². The number of aromatic nitrogens is 3. The van der Waals surface area contributed by atoms with Crippen molar-refractivity contribution in [2.75, 3.05) is 0 Å². The molecular formula is C17H13N3O5. The first-order valence-corrected chi connectivity index (χ1v) is 7.21. The Bertz CT molecular complexity index is 924. The van der Waals surface area contributed by atoms with Crippen molar-refractivity contribution in [2.45, 2.75) is 6.92 Å². The van der Waals surface area contributed by atoms with Gasteiger partial charge in [-0.1, -0.05) is 0 Å². The van der Waals surface area contributed by atoms with Crippen molar-refractivity contribution in [3.05, 3.63) is 66.1 Å². The van der Waals surface area contributed by atoms with Gasteiger partial charge >= 0.3 is 0 Å². The molecule has 0 aliphatic rings. The number of Topliss-reactive ketones (excluding diaryl/α,β-unsaturated/α-hetero) is 1. The summed E-state index contributed by atoms with van der Waals surface area (Å²) in [4.78, 5) is 27.3. The van der Waals surface area contributed by atoms with Crippen molar-refractivity contribution in [2.24, 2.45) is 0 Å². The maximum Gasteiger partial charge on any atom is 0.215 e. The average Bonchev–Trinajstić information content (AvgIpc) is 3.27. The van der Waals surface area contributed by atoms with Crippen LogP contribution < -0.4 is 4.74 Å². The zero-order valence-electron chi connectivity index (χ0n) is 13.1. The molecule has 0 radical (unpaired) electrons. The van der Waals surface area contributed by atoms with Gasteiger partial charge in [0.2, 0.25) is 5.82 Å². The Labute approximate surface area is 141 Å². The molecule has 2 heterocycles. The number of nitrogens with one attached hydrogen (secondary N) is 1. The van der Waals surface area contributed by atoms with Crippen LogP contribution in [-0.2, 0) is 0 Å². The normalized spacial score (nSPS) is 11.3. The minimum Gasteiger partial charge on any atom is -0.504 e. The molecule has 2 aromatic heterocycles. The van der Waals surface area contributed by atoms with E-state index in [0.29, 0.717) is 11.3 Å².